The maximum Gasteiger partial charge on any atom is 0.321 e. The van der Waals surface area contributed by atoms with Crippen molar-refractivity contribution in [1.82, 2.24) is 20.4 Å². The predicted octanol–water partition coefficient (Wildman–Crippen LogP) is 2.90. The smallest absolute Gasteiger partial charge is 0.321 e. The third kappa shape index (κ3) is 3.82. The summed E-state index contributed by atoms with van der Waals surface area (Å²) in [6, 6.07) is 4.04. The minimum Gasteiger partial charge on any atom is -0.336 e. The van der Waals surface area contributed by atoms with E-state index in [1.807, 2.05) is 25.5 Å². The lowest BCUT2D eigenvalue weighted by Gasteiger charge is -2.23. The van der Waals surface area contributed by atoms with Crippen LogP contribution in [0.15, 0.2) is 17.5 Å². The van der Waals surface area contributed by atoms with E-state index in [0.717, 1.165) is 5.01 Å². The number of amides is 2. The lowest BCUT2D eigenvalue weighted by molar-refractivity contribution is 0.244. The third-order valence-corrected chi connectivity index (χ3v) is 5.51. The van der Waals surface area contributed by atoms with Gasteiger partial charge in [-0.2, -0.15) is 0 Å². The van der Waals surface area contributed by atoms with Crippen LogP contribution in [0.1, 0.15) is 34.7 Å². The van der Waals surface area contributed by atoms with Gasteiger partial charge in [0.05, 0.1) is 6.04 Å². The van der Waals surface area contributed by atoms with Crippen molar-refractivity contribution in [2.24, 2.45) is 0 Å². The van der Waals surface area contributed by atoms with Gasteiger partial charge in [0, 0.05) is 17.3 Å². The van der Waals surface area contributed by atoms with Crippen LogP contribution in [0, 0.1) is 0 Å². The summed E-state index contributed by atoms with van der Waals surface area (Å²) in [7, 11) is 4.02. The Morgan fingerprint density at radius 3 is 2.91 bits per heavy atom. The van der Waals surface area contributed by atoms with Crippen LogP contribution in [0.3, 0.4) is 0 Å². The van der Waals surface area contributed by atoms with Crippen LogP contribution < -0.4 is 10.6 Å². The number of rotatable bonds is 6. The summed E-state index contributed by atoms with van der Waals surface area (Å²) in [4.78, 5) is 15.3. The maximum absolute atomic E-state index is 12.0. The topological polar surface area (TPSA) is 70.2 Å². The van der Waals surface area contributed by atoms with Crippen LogP contribution in [0.2, 0.25) is 0 Å². The molecule has 0 aliphatic heterocycles. The quantitative estimate of drug-likeness (QED) is 0.850. The molecule has 0 spiro atoms. The van der Waals surface area contributed by atoms with E-state index in [-0.39, 0.29) is 12.1 Å². The molecule has 0 saturated heterocycles. The van der Waals surface area contributed by atoms with Gasteiger partial charge in [-0.25, -0.2) is 4.79 Å². The molecule has 1 atom stereocenters. The Hall–Kier alpha value is -1.51. The van der Waals surface area contributed by atoms with Gasteiger partial charge in [-0.1, -0.05) is 17.4 Å². The highest BCUT2D eigenvalue weighted by Crippen LogP contribution is 2.42. The first-order valence-corrected chi connectivity index (χ1v) is 8.91. The molecule has 0 radical (unpaired) electrons. The second kappa shape index (κ2) is 6.72. The second-order valence-electron chi connectivity index (χ2n) is 5.55. The van der Waals surface area contributed by atoms with Crippen LogP contribution in [-0.2, 0) is 0 Å². The average Bonchev–Trinajstić information content (AvgIpc) is 2.98. The van der Waals surface area contributed by atoms with E-state index in [2.05, 4.69) is 31.8 Å². The molecule has 1 saturated carbocycles. The van der Waals surface area contributed by atoms with E-state index in [0.29, 0.717) is 17.6 Å². The van der Waals surface area contributed by atoms with Crippen molar-refractivity contribution in [1.29, 1.82) is 0 Å². The number of carbonyl (C=O) groups excluding carboxylic acids is 1. The van der Waals surface area contributed by atoms with Gasteiger partial charge in [0.2, 0.25) is 5.13 Å². The Morgan fingerprint density at radius 2 is 2.27 bits per heavy atom. The molecule has 2 amide bonds. The van der Waals surface area contributed by atoms with E-state index in [4.69, 9.17) is 0 Å². The van der Waals surface area contributed by atoms with E-state index in [9.17, 15) is 4.79 Å². The van der Waals surface area contributed by atoms with Gasteiger partial charge in [-0.15, -0.1) is 21.5 Å². The van der Waals surface area contributed by atoms with Crippen LogP contribution in [0.5, 0.6) is 0 Å². The zero-order valence-corrected chi connectivity index (χ0v) is 14.2. The summed E-state index contributed by atoms with van der Waals surface area (Å²) in [5.74, 6) is 0.563. The molecule has 118 valence electrons. The first-order valence-electron chi connectivity index (χ1n) is 7.21. The summed E-state index contributed by atoms with van der Waals surface area (Å²) >= 11 is 3.16. The van der Waals surface area contributed by atoms with Crippen LogP contribution in [-0.4, -0.2) is 41.8 Å². The van der Waals surface area contributed by atoms with Crippen molar-refractivity contribution >= 4 is 33.8 Å². The number of nitrogens with one attached hydrogen (secondary N) is 2. The highest BCUT2D eigenvalue weighted by atomic mass is 32.1. The Balaban J connectivity index is 1.52. The zero-order valence-electron chi connectivity index (χ0n) is 12.6. The predicted molar refractivity (Wildman–Crippen MR) is 89.7 cm³/mol. The molecule has 0 bridgehead atoms. The highest BCUT2D eigenvalue weighted by molar-refractivity contribution is 7.15. The first kappa shape index (κ1) is 15.4. The summed E-state index contributed by atoms with van der Waals surface area (Å²) in [5.41, 5.74) is 0. The van der Waals surface area contributed by atoms with Gasteiger partial charge in [-0.3, -0.25) is 5.32 Å². The summed E-state index contributed by atoms with van der Waals surface area (Å²) < 4.78 is 0. The number of hydrogen-bond donors (Lipinski definition) is 2. The molecule has 1 fully saturated rings. The number of anilines is 1. The number of nitrogens with zero attached hydrogens (tertiary/aromatic N) is 3. The molecule has 0 aromatic carbocycles. The number of likely N-dealkylation sites (N-methyl/N-ethyl adjacent to an activating group) is 1. The van der Waals surface area contributed by atoms with Crippen LogP contribution in [0.4, 0.5) is 9.93 Å². The molecule has 2 aromatic rings. The van der Waals surface area contributed by atoms with E-state index in [1.165, 1.54) is 29.1 Å². The molecule has 22 heavy (non-hydrogen) atoms. The summed E-state index contributed by atoms with van der Waals surface area (Å²) in [5, 5.41) is 17.4. The van der Waals surface area contributed by atoms with Gasteiger partial charge >= 0.3 is 6.03 Å². The normalized spacial score (nSPS) is 15.8. The van der Waals surface area contributed by atoms with E-state index < -0.39 is 0 Å². The number of urea groups is 1. The van der Waals surface area contributed by atoms with Crippen molar-refractivity contribution in [3.63, 3.8) is 0 Å². The molecule has 3 rings (SSSR count). The molecule has 2 aromatic heterocycles. The average molecular weight is 337 g/mol. The molecular weight excluding hydrogens is 318 g/mol. The van der Waals surface area contributed by atoms with Gasteiger partial charge in [-0.05, 0) is 38.4 Å². The Kier molecular flexibility index (Phi) is 4.70. The monoisotopic (exact) mass is 337 g/mol. The fourth-order valence-electron chi connectivity index (χ4n) is 2.13. The van der Waals surface area contributed by atoms with Crippen LogP contribution in [0.25, 0.3) is 0 Å². The van der Waals surface area contributed by atoms with Gasteiger partial charge in [0.15, 0.2) is 0 Å². The zero-order chi connectivity index (χ0) is 15.5. The van der Waals surface area contributed by atoms with Gasteiger partial charge in [0.25, 0.3) is 0 Å². The third-order valence-electron chi connectivity index (χ3n) is 3.54. The fourth-order valence-corrected chi connectivity index (χ4v) is 3.96. The molecule has 1 aliphatic rings. The number of thiophene rings is 1. The number of aromatic nitrogens is 2. The number of carbonyl (C=O) groups is 1. The second-order valence-corrected chi connectivity index (χ2v) is 7.54. The molecule has 8 heteroatoms. The molecule has 6 nitrogen and oxygen atoms in total. The SMILES string of the molecule is CN(C)C(CNC(=O)Nc1nnc(C2CC2)s1)c1cccs1. The van der Waals surface area contributed by atoms with Crippen molar-refractivity contribution in [2.45, 2.75) is 24.8 Å². The Morgan fingerprint density at radius 1 is 1.45 bits per heavy atom. The van der Waals surface area contributed by atoms with Crippen molar-refractivity contribution in [3.8, 4) is 0 Å². The molecule has 2 N–H and O–H groups in total. The minimum atomic E-state index is -0.234. The van der Waals surface area contributed by atoms with E-state index in [1.54, 1.807) is 11.3 Å². The molecule has 2 heterocycles. The van der Waals surface area contributed by atoms with Gasteiger partial charge < -0.3 is 10.2 Å². The maximum atomic E-state index is 12.0. The van der Waals surface area contributed by atoms with Crippen molar-refractivity contribution in [2.75, 3.05) is 26.0 Å². The largest absolute Gasteiger partial charge is 0.336 e. The lowest BCUT2D eigenvalue weighted by Crippen LogP contribution is -2.36. The highest BCUT2D eigenvalue weighted by Gasteiger charge is 2.27. The molecule has 1 unspecified atom stereocenters. The van der Waals surface area contributed by atoms with Crippen molar-refractivity contribution in [3.05, 3.63) is 27.4 Å². The van der Waals surface area contributed by atoms with Gasteiger partial charge in [0.1, 0.15) is 5.01 Å². The molecule has 1 aliphatic carbocycles. The summed E-state index contributed by atoms with van der Waals surface area (Å²) in [6.45, 7) is 0.549. The fraction of sp³-hybridized carbons (Fsp3) is 0.500. The molecular formula is C14H19N5OS2. The van der Waals surface area contributed by atoms with Crippen molar-refractivity contribution < 1.29 is 4.79 Å². The number of hydrogen-bond acceptors (Lipinski definition) is 6. The summed E-state index contributed by atoms with van der Waals surface area (Å²) in [6.07, 6.45) is 2.37. The lowest BCUT2D eigenvalue weighted by atomic mass is 10.2. The van der Waals surface area contributed by atoms with Crippen LogP contribution >= 0.6 is 22.7 Å². The Bertz CT molecular complexity index is 621. The standard InChI is InChI=1S/C14H19N5OS2/c1-19(2)10(11-4-3-7-21-11)8-15-13(20)16-14-18-17-12(22-14)9-5-6-9/h3-4,7,9-10H,5-6,8H2,1-2H3,(H2,15,16,18,20). The Labute approximate surface area is 137 Å². The first-order chi connectivity index (χ1) is 10.6. The van der Waals surface area contributed by atoms with E-state index >= 15 is 0 Å². The minimum absolute atomic E-state index is 0.169.